The molecule has 2 saturated carbocycles. The molecule has 0 radical (unpaired) electrons. The second kappa shape index (κ2) is 0.721. The smallest absolute Gasteiger partial charge is 0.148 e. The lowest BCUT2D eigenvalue weighted by Gasteiger charge is -2.12. The van der Waals surface area contributed by atoms with Gasteiger partial charge >= 0.3 is 0 Å². The van der Waals surface area contributed by atoms with Crippen LogP contribution in [0.4, 0.5) is 8.78 Å². The van der Waals surface area contributed by atoms with Crippen LogP contribution >= 0.6 is 0 Å². The lowest BCUT2D eigenvalue weighted by atomic mass is 9.98. The van der Waals surface area contributed by atoms with E-state index in [1.807, 2.05) is 0 Å². The zero-order valence-corrected chi connectivity index (χ0v) is 3.82. The average molecular weight is 104 g/mol. The summed E-state index contributed by atoms with van der Waals surface area (Å²) in [5.41, 5.74) is -1.32. The first-order valence-corrected chi connectivity index (χ1v) is 2.58. The van der Waals surface area contributed by atoms with Crippen molar-refractivity contribution in [3.8, 4) is 0 Å². The van der Waals surface area contributed by atoms with Crippen LogP contribution in [0.2, 0.25) is 0 Å². The minimum absolute atomic E-state index is 0.188. The predicted molar refractivity (Wildman–Crippen MR) is 21.5 cm³/mol. The molecule has 0 bridgehead atoms. The first-order valence-electron chi connectivity index (χ1n) is 2.58. The number of hydrogen-bond acceptors (Lipinski definition) is 0. The van der Waals surface area contributed by atoms with Crippen LogP contribution in [0.15, 0.2) is 0 Å². The summed E-state index contributed by atoms with van der Waals surface area (Å²) in [7, 11) is 0. The number of alkyl halides is 2. The molecule has 40 valence electrons. The van der Waals surface area contributed by atoms with Gasteiger partial charge in [0, 0.05) is 5.92 Å². The number of halogens is 2. The lowest BCUT2D eigenvalue weighted by molar-refractivity contribution is 0.175. The summed E-state index contributed by atoms with van der Waals surface area (Å²) < 4.78 is 24.3. The van der Waals surface area contributed by atoms with Gasteiger partial charge in [0.25, 0.3) is 0 Å². The highest BCUT2D eigenvalue weighted by Crippen LogP contribution is 2.64. The molecule has 0 spiro atoms. The molecule has 2 aliphatic rings. The van der Waals surface area contributed by atoms with Crippen molar-refractivity contribution in [2.45, 2.75) is 24.7 Å². The van der Waals surface area contributed by atoms with Crippen LogP contribution in [0.3, 0.4) is 0 Å². The Morgan fingerprint density at radius 2 is 2.14 bits per heavy atom. The molecule has 0 aromatic rings. The molecule has 0 aromatic heterocycles. The summed E-state index contributed by atoms with van der Waals surface area (Å²) in [6.45, 7) is 0. The van der Waals surface area contributed by atoms with Crippen molar-refractivity contribution in [3.63, 3.8) is 0 Å². The predicted octanol–water partition coefficient (Wildman–Crippen LogP) is 1.46. The van der Waals surface area contributed by atoms with Crippen LogP contribution in [0.1, 0.15) is 12.8 Å². The van der Waals surface area contributed by atoms with Gasteiger partial charge in [-0.2, -0.15) is 0 Å². The van der Waals surface area contributed by atoms with Crippen LogP contribution in [-0.2, 0) is 0 Å². The third-order valence-electron chi connectivity index (χ3n) is 2.16. The van der Waals surface area contributed by atoms with Gasteiger partial charge in [0.05, 0.1) is 0 Å². The van der Waals surface area contributed by atoms with Crippen LogP contribution in [0.25, 0.3) is 0 Å². The molecule has 7 heavy (non-hydrogen) atoms. The first-order chi connectivity index (χ1) is 3.25. The maximum Gasteiger partial charge on any atom is 0.148 e. The SMILES string of the molecule is FC1C2CCC12F. The third-order valence-corrected chi connectivity index (χ3v) is 2.16. The number of hydrogen-bond donors (Lipinski definition) is 0. The van der Waals surface area contributed by atoms with Gasteiger partial charge in [-0.1, -0.05) is 0 Å². The molecular formula is C5H6F2. The van der Waals surface area contributed by atoms with Gasteiger partial charge < -0.3 is 0 Å². The van der Waals surface area contributed by atoms with Crippen LogP contribution < -0.4 is 0 Å². The molecule has 2 heteroatoms. The van der Waals surface area contributed by atoms with Gasteiger partial charge in [0.2, 0.25) is 0 Å². The highest BCUT2D eigenvalue weighted by Gasteiger charge is 2.73. The van der Waals surface area contributed by atoms with Crippen molar-refractivity contribution in [2.24, 2.45) is 5.92 Å². The Morgan fingerprint density at radius 3 is 2.14 bits per heavy atom. The van der Waals surface area contributed by atoms with Crippen molar-refractivity contribution in [3.05, 3.63) is 0 Å². The van der Waals surface area contributed by atoms with E-state index in [0.717, 1.165) is 6.42 Å². The average Bonchev–Trinajstić information content (AvgIpc) is 1.86. The molecule has 3 atom stereocenters. The standard InChI is InChI=1S/C5H6F2/c6-4-3-1-2-5(3,4)7/h3-4H,1-2H2. The zero-order valence-electron chi connectivity index (χ0n) is 3.82. The van der Waals surface area contributed by atoms with Gasteiger partial charge in [-0.15, -0.1) is 0 Å². The first kappa shape index (κ1) is 3.81. The highest BCUT2D eigenvalue weighted by atomic mass is 19.2. The molecule has 0 heterocycles. The second-order valence-electron chi connectivity index (χ2n) is 2.47. The molecule has 0 nitrogen and oxygen atoms in total. The Bertz CT molecular complexity index is 107. The molecular weight excluding hydrogens is 98.1 g/mol. The monoisotopic (exact) mass is 104 g/mol. The Morgan fingerprint density at radius 1 is 1.57 bits per heavy atom. The van der Waals surface area contributed by atoms with Crippen molar-refractivity contribution in [1.29, 1.82) is 0 Å². The minimum Gasteiger partial charge on any atom is -0.244 e. The summed E-state index contributed by atoms with van der Waals surface area (Å²) in [6, 6.07) is 0. The topological polar surface area (TPSA) is 0 Å². The maximum absolute atomic E-state index is 12.3. The van der Waals surface area contributed by atoms with E-state index >= 15 is 0 Å². The van der Waals surface area contributed by atoms with Gasteiger partial charge in [-0.05, 0) is 12.8 Å². The van der Waals surface area contributed by atoms with E-state index in [0.29, 0.717) is 6.42 Å². The van der Waals surface area contributed by atoms with Crippen LogP contribution in [0.5, 0.6) is 0 Å². The Balaban J connectivity index is 2.20. The molecule has 3 unspecified atom stereocenters. The van der Waals surface area contributed by atoms with E-state index in [4.69, 9.17) is 0 Å². The van der Waals surface area contributed by atoms with E-state index in [-0.39, 0.29) is 5.92 Å². The fourth-order valence-corrected chi connectivity index (χ4v) is 1.31. The van der Waals surface area contributed by atoms with E-state index < -0.39 is 11.8 Å². The van der Waals surface area contributed by atoms with Crippen LogP contribution in [-0.4, -0.2) is 11.8 Å². The molecule has 2 rings (SSSR count). The van der Waals surface area contributed by atoms with Crippen molar-refractivity contribution < 1.29 is 8.78 Å². The summed E-state index contributed by atoms with van der Waals surface area (Å²) >= 11 is 0. The van der Waals surface area contributed by atoms with Crippen LogP contribution in [0, 0.1) is 5.92 Å². The minimum atomic E-state index is -1.32. The maximum atomic E-state index is 12.3. The lowest BCUT2D eigenvalue weighted by Crippen LogP contribution is -2.14. The number of rotatable bonds is 0. The molecule has 2 aliphatic carbocycles. The molecule has 0 saturated heterocycles. The Labute approximate surface area is 40.5 Å². The van der Waals surface area contributed by atoms with E-state index in [1.165, 1.54) is 0 Å². The Kier molecular flexibility index (Phi) is 0.392. The van der Waals surface area contributed by atoms with Crippen molar-refractivity contribution in [1.82, 2.24) is 0 Å². The van der Waals surface area contributed by atoms with Crippen molar-refractivity contribution >= 4 is 0 Å². The fraction of sp³-hybridized carbons (Fsp3) is 1.00. The van der Waals surface area contributed by atoms with Crippen molar-refractivity contribution in [2.75, 3.05) is 0 Å². The summed E-state index contributed by atoms with van der Waals surface area (Å²) in [5, 5.41) is 0. The van der Waals surface area contributed by atoms with Gasteiger partial charge in [0.1, 0.15) is 11.8 Å². The molecule has 0 amide bonds. The highest BCUT2D eigenvalue weighted by molar-refractivity contribution is 5.21. The van der Waals surface area contributed by atoms with E-state index in [9.17, 15) is 8.78 Å². The second-order valence-corrected chi connectivity index (χ2v) is 2.47. The van der Waals surface area contributed by atoms with E-state index in [1.54, 1.807) is 0 Å². The fourth-order valence-electron chi connectivity index (χ4n) is 1.31. The largest absolute Gasteiger partial charge is 0.244 e. The molecule has 0 N–H and O–H groups in total. The summed E-state index contributed by atoms with van der Waals surface area (Å²) in [4.78, 5) is 0. The summed E-state index contributed by atoms with van der Waals surface area (Å²) in [6.07, 6.45) is 0.156. The normalized spacial score (nSPS) is 66.0. The Hall–Kier alpha value is -0.140. The van der Waals surface area contributed by atoms with E-state index in [2.05, 4.69) is 0 Å². The van der Waals surface area contributed by atoms with Gasteiger partial charge in [-0.3, -0.25) is 0 Å². The molecule has 0 aromatic carbocycles. The molecule has 0 aliphatic heterocycles. The summed E-state index contributed by atoms with van der Waals surface area (Å²) in [5.74, 6) is -0.188. The zero-order chi connectivity index (χ0) is 5.07. The quantitative estimate of drug-likeness (QED) is 0.436. The van der Waals surface area contributed by atoms with Gasteiger partial charge in [0.15, 0.2) is 0 Å². The third kappa shape index (κ3) is 0.221. The van der Waals surface area contributed by atoms with Gasteiger partial charge in [-0.25, -0.2) is 8.78 Å². The molecule has 2 fully saturated rings. The number of fused-ring (bicyclic) bond motifs is 1.